The standard InChI is InChI=1S/C22H32N6S/c1-5-16-8-6-7-15(2)20(16)27-22(29)25-18-11-9-17(10-12-18)24-21-23-14-13-19(26-21)28(3)4/h6-8,13-14,17-18H,5,9-12H2,1-4H3,(H,23,24,26)(H2,25,27,29)/t17-,18+. The number of thiocarbonyl (C=S) groups is 1. The molecule has 1 heterocycles. The molecule has 0 atom stereocenters. The highest BCUT2D eigenvalue weighted by molar-refractivity contribution is 7.80. The molecule has 6 nitrogen and oxygen atoms in total. The third-order valence-electron chi connectivity index (χ3n) is 5.47. The monoisotopic (exact) mass is 412 g/mol. The van der Waals surface area contributed by atoms with Gasteiger partial charge in [-0.25, -0.2) is 4.98 Å². The molecule has 7 heteroatoms. The van der Waals surface area contributed by atoms with Gasteiger partial charge < -0.3 is 20.9 Å². The average Bonchev–Trinajstić information content (AvgIpc) is 2.71. The van der Waals surface area contributed by atoms with Crippen LogP contribution in [0.5, 0.6) is 0 Å². The van der Waals surface area contributed by atoms with Crippen LogP contribution in [0.2, 0.25) is 0 Å². The topological polar surface area (TPSA) is 65.1 Å². The fourth-order valence-electron chi connectivity index (χ4n) is 3.77. The SMILES string of the molecule is CCc1cccc(C)c1NC(=S)N[C@H]1CC[C@@H](Nc2nccc(N(C)C)n2)CC1. The summed E-state index contributed by atoms with van der Waals surface area (Å²) in [7, 11) is 3.97. The van der Waals surface area contributed by atoms with Gasteiger partial charge in [-0.2, -0.15) is 4.98 Å². The van der Waals surface area contributed by atoms with E-state index in [0.717, 1.165) is 43.6 Å². The zero-order chi connectivity index (χ0) is 20.8. The summed E-state index contributed by atoms with van der Waals surface area (Å²) in [6, 6.07) is 9.09. The summed E-state index contributed by atoms with van der Waals surface area (Å²) in [5.41, 5.74) is 3.66. The maximum absolute atomic E-state index is 5.59. The van der Waals surface area contributed by atoms with Crippen molar-refractivity contribution in [2.24, 2.45) is 0 Å². The number of nitrogens with one attached hydrogen (secondary N) is 3. The van der Waals surface area contributed by atoms with Crippen molar-refractivity contribution in [3.05, 3.63) is 41.6 Å². The van der Waals surface area contributed by atoms with E-state index in [4.69, 9.17) is 12.2 Å². The molecule has 3 N–H and O–H groups in total. The minimum atomic E-state index is 0.398. The Balaban J connectivity index is 1.49. The third kappa shape index (κ3) is 5.79. The normalized spacial score (nSPS) is 18.8. The molecule has 1 saturated carbocycles. The molecule has 29 heavy (non-hydrogen) atoms. The van der Waals surface area contributed by atoms with E-state index in [1.165, 1.54) is 11.1 Å². The minimum absolute atomic E-state index is 0.398. The van der Waals surface area contributed by atoms with E-state index in [2.05, 4.69) is 58.0 Å². The van der Waals surface area contributed by atoms with Gasteiger partial charge in [0, 0.05) is 38.1 Å². The number of hydrogen-bond acceptors (Lipinski definition) is 5. The van der Waals surface area contributed by atoms with Gasteiger partial charge in [0.1, 0.15) is 5.82 Å². The molecule has 0 aliphatic heterocycles. The van der Waals surface area contributed by atoms with Crippen LogP contribution in [0.15, 0.2) is 30.5 Å². The Bertz CT molecular complexity index is 830. The second-order valence-electron chi connectivity index (χ2n) is 7.89. The van der Waals surface area contributed by atoms with Crippen LogP contribution in [0, 0.1) is 6.92 Å². The molecule has 1 aliphatic rings. The number of hydrogen-bond donors (Lipinski definition) is 3. The Morgan fingerprint density at radius 3 is 2.55 bits per heavy atom. The van der Waals surface area contributed by atoms with Crippen LogP contribution >= 0.6 is 12.2 Å². The van der Waals surface area contributed by atoms with Crippen LogP contribution in [0.3, 0.4) is 0 Å². The zero-order valence-corrected chi connectivity index (χ0v) is 18.6. The molecule has 3 rings (SSSR count). The molecule has 0 unspecified atom stereocenters. The highest BCUT2D eigenvalue weighted by Crippen LogP contribution is 2.23. The maximum atomic E-state index is 5.59. The lowest BCUT2D eigenvalue weighted by Gasteiger charge is -2.30. The maximum Gasteiger partial charge on any atom is 0.224 e. The number of anilines is 3. The van der Waals surface area contributed by atoms with Crippen LogP contribution < -0.4 is 20.9 Å². The second kappa shape index (κ2) is 9.87. The summed E-state index contributed by atoms with van der Waals surface area (Å²) < 4.78 is 0. The van der Waals surface area contributed by atoms with Crippen molar-refractivity contribution in [3.63, 3.8) is 0 Å². The molecule has 0 bridgehead atoms. The van der Waals surface area contributed by atoms with E-state index in [0.29, 0.717) is 23.1 Å². The molecule has 2 aromatic rings. The van der Waals surface area contributed by atoms with Crippen molar-refractivity contribution in [3.8, 4) is 0 Å². The van der Waals surface area contributed by atoms with E-state index in [-0.39, 0.29) is 0 Å². The summed E-state index contributed by atoms with van der Waals surface area (Å²) >= 11 is 5.59. The number of benzene rings is 1. The molecular weight excluding hydrogens is 380 g/mol. The summed E-state index contributed by atoms with van der Waals surface area (Å²) in [4.78, 5) is 10.9. The fraction of sp³-hybridized carbons (Fsp3) is 0.500. The first kappa shape index (κ1) is 21.3. The van der Waals surface area contributed by atoms with Crippen LogP contribution in [-0.4, -0.2) is 41.3 Å². The lowest BCUT2D eigenvalue weighted by atomic mass is 9.91. The first-order valence-corrected chi connectivity index (χ1v) is 10.8. The summed E-state index contributed by atoms with van der Waals surface area (Å²) in [5, 5.41) is 11.1. The van der Waals surface area contributed by atoms with Crippen molar-refractivity contribution in [1.82, 2.24) is 15.3 Å². The van der Waals surface area contributed by atoms with Gasteiger partial charge in [0.2, 0.25) is 5.95 Å². The lowest BCUT2D eigenvalue weighted by molar-refractivity contribution is 0.387. The van der Waals surface area contributed by atoms with Gasteiger partial charge in [-0.05, 0) is 68.4 Å². The van der Waals surface area contributed by atoms with E-state index in [1.807, 2.05) is 25.1 Å². The number of aryl methyl sites for hydroxylation is 2. The molecule has 1 aliphatic carbocycles. The first-order valence-electron chi connectivity index (χ1n) is 10.4. The van der Waals surface area contributed by atoms with Gasteiger partial charge in [0.25, 0.3) is 0 Å². The van der Waals surface area contributed by atoms with Crippen molar-refractivity contribution in [2.45, 2.75) is 58.0 Å². The molecule has 0 radical (unpaired) electrons. The van der Waals surface area contributed by atoms with E-state index >= 15 is 0 Å². The van der Waals surface area contributed by atoms with Crippen molar-refractivity contribution in [2.75, 3.05) is 29.6 Å². The van der Waals surface area contributed by atoms with Crippen LogP contribution in [-0.2, 0) is 6.42 Å². The molecule has 0 saturated heterocycles. The molecule has 0 spiro atoms. The Labute approximate surface area is 179 Å². The van der Waals surface area contributed by atoms with Crippen molar-refractivity contribution >= 4 is 34.8 Å². The van der Waals surface area contributed by atoms with Gasteiger partial charge in [-0.15, -0.1) is 0 Å². The molecule has 0 amide bonds. The summed E-state index contributed by atoms with van der Waals surface area (Å²) in [6.07, 6.45) is 7.07. The number of rotatable bonds is 6. The highest BCUT2D eigenvalue weighted by Gasteiger charge is 2.22. The number of nitrogens with zero attached hydrogens (tertiary/aromatic N) is 3. The van der Waals surface area contributed by atoms with Crippen LogP contribution in [0.25, 0.3) is 0 Å². The van der Waals surface area contributed by atoms with Crippen LogP contribution in [0.4, 0.5) is 17.5 Å². The molecule has 156 valence electrons. The Morgan fingerprint density at radius 2 is 1.86 bits per heavy atom. The number of aromatic nitrogens is 2. The van der Waals surface area contributed by atoms with E-state index in [1.54, 1.807) is 6.20 Å². The first-order chi connectivity index (χ1) is 14.0. The van der Waals surface area contributed by atoms with Gasteiger partial charge >= 0.3 is 0 Å². The predicted molar refractivity (Wildman–Crippen MR) is 126 cm³/mol. The third-order valence-corrected chi connectivity index (χ3v) is 5.69. The van der Waals surface area contributed by atoms with Gasteiger partial charge in [-0.3, -0.25) is 0 Å². The smallest absolute Gasteiger partial charge is 0.224 e. The van der Waals surface area contributed by atoms with Gasteiger partial charge in [0.05, 0.1) is 0 Å². The van der Waals surface area contributed by atoms with Gasteiger partial charge in [0.15, 0.2) is 5.11 Å². The Morgan fingerprint density at radius 1 is 1.14 bits per heavy atom. The summed E-state index contributed by atoms with van der Waals surface area (Å²) in [5.74, 6) is 1.62. The van der Waals surface area contributed by atoms with Crippen molar-refractivity contribution < 1.29 is 0 Å². The molecular formula is C22H32N6S. The largest absolute Gasteiger partial charge is 0.363 e. The average molecular weight is 413 g/mol. The van der Waals surface area contributed by atoms with E-state index in [9.17, 15) is 0 Å². The van der Waals surface area contributed by atoms with Crippen LogP contribution in [0.1, 0.15) is 43.7 Å². The second-order valence-corrected chi connectivity index (χ2v) is 8.30. The van der Waals surface area contributed by atoms with Crippen molar-refractivity contribution in [1.29, 1.82) is 0 Å². The number of para-hydroxylation sites is 1. The highest BCUT2D eigenvalue weighted by atomic mass is 32.1. The quantitative estimate of drug-likeness (QED) is 0.617. The fourth-order valence-corrected chi connectivity index (χ4v) is 4.04. The minimum Gasteiger partial charge on any atom is -0.363 e. The Kier molecular flexibility index (Phi) is 7.25. The molecule has 1 fully saturated rings. The van der Waals surface area contributed by atoms with Gasteiger partial charge in [-0.1, -0.05) is 25.1 Å². The predicted octanol–water partition coefficient (Wildman–Crippen LogP) is 4.12. The molecule has 1 aromatic carbocycles. The zero-order valence-electron chi connectivity index (χ0n) is 17.8. The van der Waals surface area contributed by atoms with E-state index < -0.39 is 0 Å². The Hall–Kier alpha value is -2.41. The summed E-state index contributed by atoms with van der Waals surface area (Å²) in [6.45, 7) is 4.29. The molecule has 1 aromatic heterocycles. The lowest BCUT2D eigenvalue weighted by Crippen LogP contribution is -2.42.